The molecule has 0 saturated heterocycles. The third kappa shape index (κ3) is 4.42. The molecule has 0 amide bonds. The monoisotopic (exact) mass is 283 g/mol. The number of benzene rings is 2. The van der Waals surface area contributed by atoms with Crippen molar-refractivity contribution in [1.29, 1.82) is 0 Å². The summed E-state index contributed by atoms with van der Waals surface area (Å²) < 4.78 is 5.25. The molecule has 112 valence electrons. The van der Waals surface area contributed by atoms with E-state index in [0.29, 0.717) is 12.1 Å². The fourth-order valence-corrected chi connectivity index (χ4v) is 2.53. The van der Waals surface area contributed by atoms with Gasteiger partial charge in [0.2, 0.25) is 0 Å². The second kappa shape index (κ2) is 7.96. The molecule has 2 nitrogen and oxygen atoms in total. The average molecular weight is 283 g/mol. The van der Waals surface area contributed by atoms with Crippen molar-refractivity contribution in [2.75, 3.05) is 13.7 Å². The van der Waals surface area contributed by atoms with Gasteiger partial charge in [-0.2, -0.15) is 0 Å². The molecule has 0 bridgehead atoms. The quantitative estimate of drug-likeness (QED) is 0.811. The van der Waals surface area contributed by atoms with Gasteiger partial charge in [0.25, 0.3) is 0 Å². The minimum absolute atomic E-state index is 0.329. The highest BCUT2D eigenvalue weighted by molar-refractivity contribution is 5.63. The Hall–Kier alpha value is -1.64. The second-order valence-corrected chi connectivity index (χ2v) is 5.44. The van der Waals surface area contributed by atoms with Crippen LogP contribution in [-0.4, -0.2) is 19.8 Å². The Bertz CT molecular complexity index is 521. The van der Waals surface area contributed by atoms with E-state index in [9.17, 15) is 0 Å². The topological polar surface area (TPSA) is 21.3 Å². The van der Waals surface area contributed by atoms with Crippen LogP contribution in [0.4, 0.5) is 0 Å². The Balaban J connectivity index is 2.04. The Kier molecular flexibility index (Phi) is 5.97. The van der Waals surface area contributed by atoms with Crippen molar-refractivity contribution < 1.29 is 4.74 Å². The lowest BCUT2D eigenvalue weighted by molar-refractivity contribution is 0.159. The molecule has 0 fully saturated rings. The van der Waals surface area contributed by atoms with Gasteiger partial charge in [0.05, 0.1) is 6.61 Å². The van der Waals surface area contributed by atoms with E-state index in [1.165, 1.54) is 16.7 Å². The van der Waals surface area contributed by atoms with Gasteiger partial charge in [-0.1, -0.05) is 61.5 Å². The van der Waals surface area contributed by atoms with Crippen LogP contribution in [0.1, 0.15) is 31.9 Å². The Morgan fingerprint density at radius 3 is 2.14 bits per heavy atom. The van der Waals surface area contributed by atoms with Gasteiger partial charge in [0, 0.05) is 19.2 Å². The van der Waals surface area contributed by atoms with Crippen LogP contribution in [0.15, 0.2) is 54.6 Å². The SMILES string of the molecule is CCC(COC)NC(C)c1ccc(-c2ccccc2)cc1. The summed E-state index contributed by atoms with van der Waals surface area (Å²) in [4.78, 5) is 0. The predicted molar refractivity (Wildman–Crippen MR) is 89.4 cm³/mol. The van der Waals surface area contributed by atoms with Crippen LogP contribution < -0.4 is 5.32 Å². The maximum Gasteiger partial charge on any atom is 0.0615 e. The van der Waals surface area contributed by atoms with Gasteiger partial charge in [0.15, 0.2) is 0 Å². The lowest BCUT2D eigenvalue weighted by atomic mass is 10.0. The Morgan fingerprint density at radius 1 is 0.952 bits per heavy atom. The first-order valence-electron chi connectivity index (χ1n) is 7.65. The standard InChI is InChI=1S/C19H25NO/c1-4-19(14-21-3)20-15(2)16-10-12-18(13-11-16)17-8-6-5-7-9-17/h5-13,15,19-20H,4,14H2,1-3H3. The highest BCUT2D eigenvalue weighted by atomic mass is 16.5. The van der Waals surface area contributed by atoms with Crippen LogP contribution >= 0.6 is 0 Å². The molecule has 0 aliphatic carbocycles. The van der Waals surface area contributed by atoms with E-state index in [1.54, 1.807) is 7.11 Å². The molecular weight excluding hydrogens is 258 g/mol. The van der Waals surface area contributed by atoms with Crippen molar-refractivity contribution in [2.45, 2.75) is 32.4 Å². The molecule has 2 heteroatoms. The predicted octanol–water partition coefficient (Wildman–Crippen LogP) is 4.43. The maximum atomic E-state index is 5.25. The van der Waals surface area contributed by atoms with Crippen LogP contribution in [0.3, 0.4) is 0 Å². The van der Waals surface area contributed by atoms with Crippen LogP contribution in [0.5, 0.6) is 0 Å². The van der Waals surface area contributed by atoms with E-state index in [4.69, 9.17) is 4.74 Å². The van der Waals surface area contributed by atoms with Crippen LogP contribution in [0, 0.1) is 0 Å². The van der Waals surface area contributed by atoms with E-state index in [0.717, 1.165) is 13.0 Å². The first kappa shape index (κ1) is 15.7. The fraction of sp³-hybridized carbons (Fsp3) is 0.368. The minimum atomic E-state index is 0.329. The van der Waals surface area contributed by atoms with Gasteiger partial charge in [-0.05, 0) is 30.0 Å². The summed E-state index contributed by atoms with van der Waals surface area (Å²) in [7, 11) is 1.75. The van der Waals surface area contributed by atoms with Gasteiger partial charge in [-0.15, -0.1) is 0 Å². The van der Waals surface area contributed by atoms with Gasteiger partial charge in [0.1, 0.15) is 0 Å². The number of hydrogen-bond acceptors (Lipinski definition) is 2. The minimum Gasteiger partial charge on any atom is -0.383 e. The van der Waals surface area contributed by atoms with Gasteiger partial charge >= 0.3 is 0 Å². The number of ether oxygens (including phenoxy) is 1. The molecule has 2 aromatic carbocycles. The second-order valence-electron chi connectivity index (χ2n) is 5.44. The summed E-state index contributed by atoms with van der Waals surface area (Å²) in [6.45, 7) is 5.14. The summed E-state index contributed by atoms with van der Waals surface area (Å²) in [6, 6.07) is 20.0. The zero-order chi connectivity index (χ0) is 15.1. The smallest absolute Gasteiger partial charge is 0.0615 e. The molecule has 21 heavy (non-hydrogen) atoms. The fourth-order valence-electron chi connectivity index (χ4n) is 2.53. The van der Waals surface area contributed by atoms with Crippen molar-refractivity contribution in [1.82, 2.24) is 5.32 Å². The lowest BCUT2D eigenvalue weighted by Gasteiger charge is -2.22. The zero-order valence-electron chi connectivity index (χ0n) is 13.2. The molecule has 0 spiro atoms. The maximum absolute atomic E-state index is 5.25. The molecule has 2 unspecified atom stereocenters. The van der Waals surface area contributed by atoms with Crippen molar-refractivity contribution in [3.8, 4) is 11.1 Å². The molecule has 2 rings (SSSR count). The summed E-state index contributed by atoms with van der Waals surface area (Å²) >= 11 is 0. The van der Waals surface area contributed by atoms with Gasteiger partial charge in [-0.3, -0.25) is 0 Å². The first-order chi connectivity index (χ1) is 10.2. The van der Waals surface area contributed by atoms with E-state index in [2.05, 4.69) is 67.7 Å². The van der Waals surface area contributed by atoms with Crippen LogP contribution in [-0.2, 0) is 4.74 Å². The average Bonchev–Trinajstić information content (AvgIpc) is 2.55. The number of hydrogen-bond donors (Lipinski definition) is 1. The molecule has 0 aliphatic heterocycles. The highest BCUT2D eigenvalue weighted by Gasteiger charge is 2.11. The summed E-state index contributed by atoms with van der Waals surface area (Å²) in [5.74, 6) is 0. The molecule has 0 radical (unpaired) electrons. The van der Waals surface area contributed by atoms with Crippen molar-refractivity contribution in [3.05, 3.63) is 60.2 Å². The zero-order valence-corrected chi connectivity index (χ0v) is 13.2. The van der Waals surface area contributed by atoms with Crippen molar-refractivity contribution in [3.63, 3.8) is 0 Å². The van der Waals surface area contributed by atoms with E-state index in [-0.39, 0.29) is 0 Å². The Labute approximate surface area is 128 Å². The first-order valence-corrected chi connectivity index (χ1v) is 7.65. The largest absolute Gasteiger partial charge is 0.383 e. The molecular formula is C19H25NO. The molecule has 1 N–H and O–H groups in total. The van der Waals surface area contributed by atoms with E-state index in [1.807, 2.05) is 6.07 Å². The Morgan fingerprint density at radius 2 is 1.57 bits per heavy atom. The third-order valence-electron chi connectivity index (χ3n) is 3.86. The molecule has 0 saturated carbocycles. The van der Waals surface area contributed by atoms with Crippen molar-refractivity contribution in [2.24, 2.45) is 0 Å². The number of nitrogens with one attached hydrogen (secondary N) is 1. The summed E-state index contributed by atoms with van der Waals surface area (Å²) in [6.07, 6.45) is 1.07. The van der Waals surface area contributed by atoms with E-state index < -0.39 is 0 Å². The third-order valence-corrected chi connectivity index (χ3v) is 3.86. The van der Waals surface area contributed by atoms with Crippen LogP contribution in [0.25, 0.3) is 11.1 Å². The lowest BCUT2D eigenvalue weighted by Crippen LogP contribution is -2.34. The molecule has 2 aromatic rings. The van der Waals surface area contributed by atoms with Crippen molar-refractivity contribution >= 4 is 0 Å². The van der Waals surface area contributed by atoms with Gasteiger partial charge in [-0.25, -0.2) is 0 Å². The summed E-state index contributed by atoms with van der Waals surface area (Å²) in [5.41, 5.74) is 3.83. The molecule has 0 aromatic heterocycles. The van der Waals surface area contributed by atoms with E-state index >= 15 is 0 Å². The molecule has 2 atom stereocenters. The highest BCUT2D eigenvalue weighted by Crippen LogP contribution is 2.22. The normalized spacial score (nSPS) is 13.9. The molecule has 0 aliphatic rings. The molecule has 0 heterocycles. The number of rotatable bonds is 7. The van der Waals surface area contributed by atoms with Gasteiger partial charge < -0.3 is 10.1 Å². The van der Waals surface area contributed by atoms with Crippen LogP contribution in [0.2, 0.25) is 0 Å². The number of methoxy groups -OCH3 is 1. The summed E-state index contributed by atoms with van der Waals surface area (Å²) in [5, 5.41) is 3.62.